The summed E-state index contributed by atoms with van der Waals surface area (Å²) in [4.78, 5) is 20.5. The summed E-state index contributed by atoms with van der Waals surface area (Å²) in [5.74, 6) is 0.126. The molecule has 2 rings (SSSR count). The molecular weight excluding hydrogens is 332 g/mol. The SMILES string of the molecule is C=CCNC(=O)c1cc(C)nc(Nc2ccccc2Br)n1. The Morgan fingerprint density at radius 3 is 2.86 bits per heavy atom. The van der Waals surface area contributed by atoms with Gasteiger partial charge in [0.15, 0.2) is 0 Å². The quantitative estimate of drug-likeness (QED) is 0.815. The second-order valence-corrected chi connectivity index (χ2v) is 5.18. The number of benzene rings is 1. The van der Waals surface area contributed by atoms with E-state index in [-0.39, 0.29) is 5.91 Å². The van der Waals surface area contributed by atoms with E-state index in [2.05, 4.69) is 43.1 Å². The van der Waals surface area contributed by atoms with Gasteiger partial charge in [-0.3, -0.25) is 4.79 Å². The van der Waals surface area contributed by atoms with Crippen LogP contribution >= 0.6 is 15.9 Å². The van der Waals surface area contributed by atoms with Crippen LogP contribution in [0, 0.1) is 6.92 Å². The molecule has 1 amide bonds. The van der Waals surface area contributed by atoms with Gasteiger partial charge in [0.25, 0.3) is 5.91 Å². The molecule has 0 aliphatic heterocycles. The molecule has 1 heterocycles. The first kappa shape index (κ1) is 15.2. The number of carbonyl (C=O) groups excluding carboxylic acids is 1. The molecule has 1 aromatic heterocycles. The van der Waals surface area contributed by atoms with Crippen LogP contribution in [0.4, 0.5) is 11.6 Å². The van der Waals surface area contributed by atoms with E-state index in [1.54, 1.807) is 12.1 Å². The number of hydrogen-bond acceptors (Lipinski definition) is 4. The van der Waals surface area contributed by atoms with Gasteiger partial charge in [0.2, 0.25) is 5.95 Å². The number of anilines is 2. The van der Waals surface area contributed by atoms with E-state index in [9.17, 15) is 4.79 Å². The molecule has 0 fully saturated rings. The number of para-hydroxylation sites is 1. The lowest BCUT2D eigenvalue weighted by molar-refractivity contribution is 0.0953. The Hall–Kier alpha value is -2.21. The zero-order chi connectivity index (χ0) is 15.2. The fraction of sp³-hybridized carbons (Fsp3) is 0.133. The first-order valence-corrected chi connectivity index (χ1v) is 7.16. The highest BCUT2D eigenvalue weighted by Crippen LogP contribution is 2.23. The predicted octanol–water partition coefficient (Wildman–Crippen LogP) is 3.21. The topological polar surface area (TPSA) is 66.9 Å². The zero-order valence-corrected chi connectivity index (χ0v) is 13.1. The van der Waals surface area contributed by atoms with Gasteiger partial charge in [-0.05, 0) is 41.1 Å². The first-order chi connectivity index (χ1) is 10.1. The third-order valence-corrected chi connectivity index (χ3v) is 3.31. The Kier molecular flexibility index (Phi) is 5.05. The van der Waals surface area contributed by atoms with E-state index in [1.165, 1.54) is 0 Å². The van der Waals surface area contributed by atoms with E-state index in [0.717, 1.165) is 10.2 Å². The Morgan fingerprint density at radius 2 is 2.14 bits per heavy atom. The smallest absolute Gasteiger partial charge is 0.270 e. The summed E-state index contributed by atoms with van der Waals surface area (Å²) in [6, 6.07) is 9.27. The molecule has 1 aromatic carbocycles. The lowest BCUT2D eigenvalue weighted by atomic mass is 10.3. The van der Waals surface area contributed by atoms with Gasteiger partial charge in [-0.1, -0.05) is 18.2 Å². The number of carbonyl (C=O) groups is 1. The summed E-state index contributed by atoms with van der Waals surface area (Å²) < 4.78 is 0.896. The Bertz CT molecular complexity index is 672. The second kappa shape index (κ2) is 6.99. The number of aryl methyl sites for hydroxylation is 1. The second-order valence-electron chi connectivity index (χ2n) is 4.32. The molecule has 2 N–H and O–H groups in total. The van der Waals surface area contributed by atoms with E-state index in [0.29, 0.717) is 23.9 Å². The molecule has 2 aromatic rings. The molecule has 6 heteroatoms. The molecule has 0 unspecified atom stereocenters. The molecular formula is C15H15BrN4O. The molecule has 0 aliphatic carbocycles. The van der Waals surface area contributed by atoms with Gasteiger partial charge in [-0.15, -0.1) is 6.58 Å². The van der Waals surface area contributed by atoms with Crippen LogP contribution in [-0.4, -0.2) is 22.4 Å². The summed E-state index contributed by atoms with van der Waals surface area (Å²) in [6.45, 7) is 5.78. The standard InChI is InChI=1S/C15H15BrN4O/c1-3-8-17-14(21)13-9-10(2)18-15(20-13)19-12-7-5-4-6-11(12)16/h3-7,9H,1,8H2,2H3,(H,17,21)(H,18,19,20). The van der Waals surface area contributed by atoms with E-state index < -0.39 is 0 Å². The van der Waals surface area contributed by atoms with Crippen LogP contribution in [0.1, 0.15) is 16.2 Å². The summed E-state index contributed by atoms with van der Waals surface area (Å²) in [5.41, 5.74) is 1.86. The molecule has 0 atom stereocenters. The van der Waals surface area contributed by atoms with Crippen LogP contribution in [0.25, 0.3) is 0 Å². The van der Waals surface area contributed by atoms with Gasteiger partial charge in [0.1, 0.15) is 5.69 Å². The average molecular weight is 347 g/mol. The summed E-state index contributed by atoms with van der Waals surface area (Å²) in [6.07, 6.45) is 1.62. The zero-order valence-electron chi connectivity index (χ0n) is 11.6. The van der Waals surface area contributed by atoms with Crippen LogP contribution in [0.3, 0.4) is 0 Å². The van der Waals surface area contributed by atoms with Crippen molar-refractivity contribution < 1.29 is 4.79 Å². The monoisotopic (exact) mass is 346 g/mol. The number of aromatic nitrogens is 2. The van der Waals surface area contributed by atoms with Crippen molar-refractivity contribution in [3.05, 3.63) is 58.8 Å². The van der Waals surface area contributed by atoms with Gasteiger partial charge in [-0.2, -0.15) is 0 Å². The number of hydrogen-bond donors (Lipinski definition) is 2. The molecule has 0 bridgehead atoms. The van der Waals surface area contributed by atoms with Gasteiger partial charge in [0.05, 0.1) is 5.69 Å². The number of nitrogens with zero attached hydrogens (tertiary/aromatic N) is 2. The minimum atomic E-state index is -0.254. The van der Waals surface area contributed by atoms with Crippen molar-refractivity contribution in [2.45, 2.75) is 6.92 Å². The maximum Gasteiger partial charge on any atom is 0.270 e. The van der Waals surface area contributed by atoms with Crippen LogP contribution < -0.4 is 10.6 Å². The lowest BCUT2D eigenvalue weighted by Crippen LogP contribution is -2.24. The van der Waals surface area contributed by atoms with Crippen LogP contribution in [0.2, 0.25) is 0 Å². The van der Waals surface area contributed by atoms with Crippen molar-refractivity contribution >= 4 is 33.5 Å². The van der Waals surface area contributed by atoms with Crippen LogP contribution in [-0.2, 0) is 0 Å². The van der Waals surface area contributed by atoms with E-state index >= 15 is 0 Å². The molecule has 108 valence electrons. The molecule has 0 radical (unpaired) electrons. The van der Waals surface area contributed by atoms with Crippen molar-refractivity contribution in [3.8, 4) is 0 Å². The van der Waals surface area contributed by atoms with Crippen molar-refractivity contribution in [3.63, 3.8) is 0 Å². The number of nitrogens with one attached hydrogen (secondary N) is 2. The molecule has 21 heavy (non-hydrogen) atoms. The predicted molar refractivity (Wildman–Crippen MR) is 86.7 cm³/mol. The third kappa shape index (κ3) is 4.13. The number of rotatable bonds is 5. The van der Waals surface area contributed by atoms with Gasteiger partial charge >= 0.3 is 0 Å². The van der Waals surface area contributed by atoms with Gasteiger partial charge in [0, 0.05) is 16.7 Å². The highest BCUT2D eigenvalue weighted by Gasteiger charge is 2.10. The summed E-state index contributed by atoms with van der Waals surface area (Å²) >= 11 is 3.45. The highest BCUT2D eigenvalue weighted by atomic mass is 79.9. The minimum Gasteiger partial charge on any atom is -0.347 e. The molecule has 0 aliphatic rings. The summed E-state index contributed by atoms with van der Waals surface area (Å²) in [5, 5.41) is 5.79. The van der Waals surface area contributed by atoms with Crippen molar-refractivity contribution in [2.24, 2.45) is 0 Å². The van der Waals surface area contributed by atoms with E-state index in [4.69, 9.17) is 0 Å². The largest absolute Gasteiger partial charge is 0.347 e. The average Bonchev–Trinajstić information content (AvgIpc) is 2.46. The maximum atomic E-state index is 11.9. The minimum absolute atomic E-state index is 0.254. The highest BCUT2D eigenvalue weighted by molar-refractivity contribution is 9.10. The normalized spacial score (nSPS) is 10.0. The van der Waals surface area contributed by atoms with Gasteiger partial charge < -0.3 is 10.6 Å². The molecule has 0 saturated carbocycles. The fourth-order valence-corrected chi connectivity index (χ4v) is 2.06. The third-order valence-electron chi connectivity index (χ3n) is 2.61. The first-order valence-electron chi connectivity index (χ1n) is 6.36. The molecule has 0 spiro atoms. The molecule has 5 nitrogen and oxygen atoms in total. The summed E-state index contributed by atoms with van der Waals surface area (Å²) in [7, 11) is 0. The van der Waals surface area contributed by atoms with E-state index in [1.807, 2.05) is 31.2 Å². The fourth-order valence-electron chi connectivity index (χ4n) is 1.68. The number of amides is 1. The molecule has 0 saturated heterocycles. The Balaban J connectivity index is 2.25. The number of halogens is 1. The van der Waals surface area contributed by atoms with Crippen molar-refractivity contribution in [1.29, 1.82) is 0 Å². The Morgan fingerprint density at radius 1 is 1.38 bits per heavy atom. The maximum absolute atomic E-state index is 11.9. The van der Waals surface area contributed by atoms with Crippen molar-refractivity contribution in [1.82, 2.24) is 15.3 Å². The van der Waals surface area contributed by atoms with Crippen LogP contribution in [0.5, 0.6) is 0 Å². The van der Waals surface area contributed by atoms with Crippen LogP contribution in [0.15, 0.2) is 47.5 Å². The van der Waals surface area contributed by atoms with Gasteiger partial charge in [-0.25, -0.2) is 9.97 Å². The van der Waals surface area contributed by atoms with Crippen molar-refractivity contribution in [2.75, 3.05) is 11.9 Å². The Labute approximate surface area is 131 Å². The lowest BCUT2D eigenvalue weighted by Gasteiger charge is -2.09.